The fourth-order valence-corrected chi connectivity index (χ4v) is 0.873. The molecule has 0 aromatic carbocycles. The maximum atomic E-state index is 5.46. The van der Waals surface area contributed by atoms with Gasteiger partial charge in [-0.3, -0.25) is 9.97 Å². The summed E-state index contributed by atoms with van der Waals surface area (Å²) >= 11 is 0. The van der Waals surface area contributed by atoms with Crippen molar-refractivity contribution in [1.82, 2.24) is 9.97 Å². The number of aromatic nitrogens is 2. The summed E-state index contributed by atoms with van der Waals surface area (Å²) in [7, 11) is 0. The average Bonchev–Trinajstić information content (AvgIpc) is 2.25. The van der Waals surface area contributed by atoms with Crippen LogP contribution < -0.4 is 11.5 Å². The molecule has 2 aromatic rings. The SMILES string of the molecule is Cc1ncccc1N.Nc1cccnc1. The van der Waals surface area contributed by atoms with Crippen molar-refractivity contribution in [2.75, 3.05) is 11.5 Å². The van der Waals surface area contributed by atoms with Crippen molar-refractivity contribution < 1.29 is 0 Å². The lowest BCUT2D eigenvalue weighted by atomic mass is 10.3. The molecule has 0 aliphatic rings. The molecule has 0 aliphatic heterocycles. The molecule has 0 radical (unpaired) electrons. The Labute approximate surface area is 89.0 Å². The van der Waals surface area contributed by atoms with Gasteiger partial charge in [0, 0.05) is 18.6 Å². The number of nitrogen functional groups attached to an aromatic ring is 2. The summed E-state index contributed by atoms with van der Waals surface area (Å²) in [6.07, 6.45) is 5.03. The lowest BCUT2D eigenvalue weighted by Gasteiger charge is -1.92. The molecule has 0 spiro atoms. The van der Waals surface area contributed by atoms with Crippen LogP contribution in [-0.2, 0) is 0 Å². The van der Waals surface area contributed by atoms with Crippen LogP contribution in [0.1, 0.15) is 5.69 Å². The van der Waals surface area contributed by atoms with Gasteiger partial charge < -0.3 is 11.5 Å². The van der Waals surface area contributed by atoms with Crippen molar-refractivity contribution in [3.63, 3.8) is 0 Å². The summed E-state index contributed by atoms with van der Waals surface area (Å²) in [5.41, 5.74) is 13.1. The highest BCUT2D eigenvalue weighted by Crippen LogP contribution is 2.02. The van der Waals surface area contributed by atoms with Crippen LogP contribution in [0.2, 0.25) is 0 Å². The summed E-state index contributed by atoms with van der Waals surface area (Å²) in [4.78, 5) is 7.71. The minimum Gasteiger partial charge on any atom is -0.397 e. The highest BCUT2D eigenvalue weighted by atomic mass is 14.7. The van der Waals surface area contributed by atoms with E-state index in [1.165, 1.54) is 0 Å². The van der Waals surface area contributed by atoms with E-state index in [2.05, 4.69) is 9.97 Å². The number of hydrogen-bond donors (Lipinski definition) is 2. The van der Waals surface area contributed by atoms with Gasteiger partial charge in [0.1, 0.15) is 0 Å². The molecule has 0 atom stereocenters. The Bertz CT molecular complexity index is 379. The summed E-state index contributed by atoms with van der Waals surface area (Å²) < 4.78 is 0. The first-order chi connectivity index (χ1) is 7.20. The molecular formula is C11H14N4. The van der Waals surface area contributed by atoms with E-state index < -0.39 is 0 Å². The molecule has 4 N–H and O–H groups in total. The van der Waals surface area contributed by atoms with E-state index in [4.69, 9.17) is 11.5 Å². The van der Waals surface area contributed by atoms with Gasteiger partial charge in [0.15, 0.2) is 0 Å². The summed E-state index contributed by atoms with van der Waals surface area (Å²) in [6.45, 7) is 1.88. The van der Waals surface area contributed by atoms with E-state index >= 15 is 0 Å². The zero-order chi connectivity index (χ0) is 11.1. The Morgan fingerprint density at radius 1 is 1.07 bits per heavy atom. The molecule has 0 saturated heterocycles. The largest absolute Gasteiger partial charge is 0.397 e. The Morgan fingerprint density at radius 3 is 2.13 bits per heavy atom. The lowest BCUT2D eigenvalue weighted by molar-refractivity contribution is 1.21. The maximum absolute atomic E-state index is 5.46. The van der Waals surface area contributed by atoms with E-state index in [1.54, 1.807) is 30.7 Å². The second kappa shape index (κ2) is 5.59. The molecule has 0 unspecified atom stereocenters. The summed E-state index contributed by atoms with van der Waals surface area (Å²) in [6, 6.07) is 7.26. The van der Waals surface area contributed by atoms with Crippen molar-refractivity contribution in [2.45, 2.75) is 6.92 Å². The number of anilines is 2. The van der Waals surface area contributed by atoms with Gasteiger partial charge in [0.25, 0.3) is 0 Å². The zero-order valence-corrected chi connectivity index (χ0v) is 8.59. The molecule has 4 nitrogen and oxygen atoms in total. The minimum atomic E-state index is 0.711. The fraction of sp³-hybridized carbons (Fsp3) is 0.0909. The molecular weight excluding hydrogens is 188 g/mol. The second-order valence-corrected chi connectivity index (χ2v) is 2.96. The first-order valence-corrected chi connectivity index (χ1v) is 4.52. The molecule has 2 aromatic heterocycles. The third kappa shape index (κ3) is 4.08. The standard InChI is InChI=1S/C6H8N2.C5H6N2/c1-5-6(7)3-2-4-8-5;6-5-2-1-3-7-4-5/h2-4H,7H2,1H3;1-4H,6H2. The molecule has 15 heavy (non-hydrogen) atoms. The first kappa shape index (κ1) is 11.0. The molecule has 2 rings (SSSR count). The van der Waals surface area contributed by atoms with Crippen LogP contribution in [0.3, 0.4) is 0 Å². The predicted molar refractivity (Wildman–Crippen MR) is 62.0 cm³/mol. The Hall–Kier alpha value is -2.10. The Morgan fingerprint density at radius 2 is 1.80 bits per heavy atom. The van der Waals surface area contributed by atoms with E-state index in [0.717, 1.165) is 11.4 Å². The lowest BCUT2D eigenvalue weighted by Crippen LogP contribution is -1.89. The van der Waals surface area contributed by atoms with Gasteiger partial charge >= 0.3 is 0 Å². The highest BCUT2D eigenvalue weighted by molar-refractivity contribution is 5.40. The third-order valence-corrected chi connectivity index (χ3v) is 1.73. The third-order valence-electron chi connectivity index (χ3n) is 1.73. The van der Waals surface area contributed by atoms with Crippen molar-refractivity contribution in [2.24, 2.45) is 0 Å². The smallest absolute Gasteiger partial charge is 0.0601 e. The molecule has 0 saturated carbocycles. The quantitative estimate of drug-likeness (QED) is 0.680. The molecule has 0 bridgehead atoms. The Balaban J connectivity index is 0.000000151. The predicted octanol–water partition coefficient (Wildman–Crippen LogP) is 1.64. The number of pyridine rings is 2. The molecule has 2 heterocycles. The second-order valence-electron chi connectivity index (χ2n) is 2.96. The van der Waals surface area contributed by atoms with Gasteiger partial charge in [-0.05, 0) is 31.2 Å². The van der Waals surface area contributed by atoms with Crippen molar-refractivity contribution >= 4 is 11.4 Å². The normalized spacial score (nSPS) is 8.87. The zero-order valence-electron chi connectivity index (χ0n) is 8.59. The Kier molecular flexibility index (Phi) is 4.09. The van der Waals surface area contributed by atoms with E-state index in [0.29, 0.717) is 5.69 Å². The van der Waals surface area contributed by atoms with Crippen LogP contribution in [0.5, 0.6) is 0 Å². The van der Waals surface area contributed by atoms with Crippen LogP contribution in [0, 0.1) is 6.92 Å². The van der Waals surface area contributed by atoms with Crippen molar-refractivity contribution in [3.05, 3.63) is 48.5 Å². The van der Waals surface area contributed by atoms with Gasteiger partial charge in [0.05, 0.1) is 17.1 Å². The van der Waals surface area contributed by atoms with Crippen molar-refractivity contribution in [1.29, 1.82) is 0 Å². The number of hydrogen-bond acceptors (Lipinski definition) is 4. The summed E-state index contributed by atoms with van der Waals surface area (Å²) in [5, 5.41) is 0. The van der Waals surface area contributed by atoms with Crippen LogP contribution in [0.4, 0.5) is 11.4 Å². The number of nitrogens with zero attached hydrogens (tertiary/aromatic N) is 2. The molecule has 4 heteroatoms. The van der Waals surface area contributed by atoms with Gasteiger partial charge in [-0.15, -0.1) is 0 Å². The van der Waals surface area contributed by atoms with Gasteiger partial charge in [0.2, 0.25) is 0 Å². The molecule has 0 amide bonds. The number of rotatable bonds is 0. The number of aryl methyl sites for hydroxylation is 1. The van der Waals surface area contributed by atoms with E-state index in [1.807, 2.05) is 19.1 Å². The number of nitrogens with two attached hydrogens (primary N) is 2. The van der Waals surface area contributed by atoms with Crippen LogP contribution >= 0.6 is 0 Å². The molecule has 0 fully saturated rings. The molecule has 0 aliphatic carbocycles. The van der Waals surface area contributed by atoms with Crippen LogP contribution in [-0.4, -0.2) is 9.97 Å². The van der Waals surface area contributed by atoms with Crippen molar-refractivity contribution in [3.8, 4) is 0 Å². The maximum Gasteiger partial charge on any atom is 0.0601 e. The average molecular weight is 202 g/mol. The highest BCUT2D eigenvalue weighted by Gasteiger charge is 1.86. The van der Waals surface area contributed by atoms with Gasteiger partial charge in [-0.25, -0.2) is 0 Å². The molecule has 78 valence electrons. The monoisotopic (exact) mass is 202 g/mol. The first-order valence-electron chi connectivity index (χ1n) is 4.52. The van der Waals surface area contributed by atoms with Gasteiger partial charge in [-0.2, -0.15) is 0 Å². The van der Waals surface area contributed by atoms with E-state index in [9.17, 15) is 0 Å². The van der Waals surface area contributed by atoms with Gasteiger partial charge in [-0.1, -0.05) is 0 Å². The topological polar surface area (TPSA) is 77.8 Å². The minimum absolute atomic E-state index is 0.711. The summed E-state index contributed by atoms with van der Waals surface area (Å²) in [5.74, 6) is 0. The van der Waals surface area contributed by atoms with E-state index in [-0.39, 0.29) is 0 Å². The van der Waals surface area contributed by atoms with Crippen LogP contribution in [0.25, 0.3) is 0 Å². The van der Waals surface area contributed by atoms with Crippen LogP contribution in [0.15, 0.2) is 42.9 Å². The fourth-order valence-electron chi connectivity index (χ4n) is 0.873.